The molecule has 0 saturated heterocycles. The number of anilines is 2. The second kappa shape index (κ2) is 7.92. The lowest BCUT2D eigenvalue weighted by Crippen LogP contribution is -2.22. The summed E-state index contributed by atoms with van der Waals surface area (Å²) < 4.78 is 2.27. The average molecular weight is 389 g/mol. The van der Waals surface area contributed by atoms with E-state index in [4.69, 9.17) is 0 Å². The summed E-state index contributed by atoms with van der Waals surface area (Å²) in [7, 11) is 3.93. The van der Waals surface area contributed by atoms with Crippen LogP contribution in [0.3, 0.4) is 0 Å². The molecule has 0 saturated carbocycles. The first-order valence-electron chi connectivity index (χ1n) is 8.17. The van der Waals surface area contributed by atoms with E-state index in [2.05, 4.69) is 10.3 Å². The molecule has 8 heteroatoms. The minimum absolute atomic E-state index is 0.0466. The predicted octanol–water partition coefficient (Wildman–Crippen LogP) is 3.27. The Morgan fingerprint density at radius 3 is 2.65 bits per heavy atom. The van der Waals surface area contributed by atoms with Crippen LogP contribution in [0.25, 0.3) is 10.2 Å². The molecule has 2 heterocycles. The predicted molar refractivity (Wildman–Crippen MR) is 110 cm³/mol. The zero-order valence-electron chi connectivity index (χ0n) is 14.9. The van der Waals surface area contributed by atoms with Gasteiger partial charge >= 0.3 is 0 Å². The number of thioether (sulfide) groups is 1. The van der Waals surface area contributed by atoms with Gasteiger partial charge in [0.15, 0.2) is 5.16 Å². The molecule has 0 fully saturated rings. The van der Waals surface area contributed by atoms with Crippen LogP contribution in [0.5, 0.6) is 0 Å². The highest BCUT2D eigenvalue weighted by Crippen LogP contribution is 2.21. The molecule has 6 nitrogen and oxygen atoms in total. The Balaban J connectivity index is 1.69. The maximum atomic E-state index is 12.5. The molecule has 26 heavy (non-hydrogen) atoms. The first-order chi connectivity index (χ1) is 12.5. The molecule has 0 atom stereocenters. The number of nitrogens with zero attached hydrogens (tertiary/aromatic N) is 3. The number of nitrogens with one attached hydrogen (secondary N) is 1. The molecule has 0 aliphatic rings. The van der Waals surface area contributed by atoms with Crippen molar-refractivity contribution in [3.8, 4) is 0 Å². The van der Waals surface area contributed by atoms with Crippen molar-refractivity contribution in [2.24, 2.45) is 0 Å². The fraction of sp³-hybridized carbons (Fsp3) is 0.278. The SMILES string of the molecule is CCn1c(SCC(=O)Nc2ccc(N(C)C)cc2)nc2ccsc2c1=O. The van der Waals surface area contributed by atoms with Gasteiger partial charge in [-0.15, -0.1) is 11.3 Å². The highest BCUT2D eigenvalue weighted by atomic mass is 32.2. The van der Waals surface area contributed by atoms with Crippen LogP contribution in [-0.4, -0.2) is 35.3 Å². The lowest BCUT2D eigenvalue weighted by Gasteiger charge is -2.13. The molecule has 0 unspecified atom stereocenters. The lowest BCUT2D eigenvalue weighted by atomic mass is 10.2. The van der Waals surface area contributed by atoms with Crippen molar-refractivity contribution in [2.45, 2.75) is 18.6 Å². The Kier molecular flexibility index (Phi) is 5.63. The number of hydrogen-bond donors (Lipinski definition) is 1. The summed E-state index contributed by atoms with van der Waals surface area (Å²) in [6.07, 6.45) is 0. The fourth-order valence-corrected chi connectivity index (χ4v) is 4.12. The number of fused-ring (bicyclic) bond motifs is 1. The van der Waals surface area contributed by atoms with E-state index < -0.39 is 0 Å². The van der Waals surface area contributed by atoms with E-state index >= 15 is 0 Å². The van der Waals surface area contributed by atoms with Crippen molar-refractivity contribution in [3.05, 3.63) is 46.1 Å². The van der Waals surface area contributed by atoms with Crippen LogP contribution in [0.15, 0.2) is 45.7 Å². The minimum Gasteiger partial charge on any atom is -0.378 e. The standard InChI is InChI=1S/C18H20N4O2S2/c1-4-22-17(24)16-14(9-10-25-16)20-18(22)26-11-15(23)19-12-5-7-13(8-6-12)21(2)3/h5-10H,4,11H2,1-3H3,(H,19,23). The molecule has 136 valence electrons. The Morgan fingerprint density at radius 2 is 2.00 bits per heavy atom. The van der Waals surface area contributed by atoms with E-state index in [9.17, 15) is 9.59 Å². The zero-order valence-corrected chi connectivity index (χ0v) is 16.5. The van der Waals surface area contributed by atoms with E-state index in [0.717, 1.165) is 11.4 Å². The van der Waals surface area contributed by atoms with Gasteiger partial charge in [-0.05, 0) is 42.6 Å². The molecule has 0 aliphatic heterocycles. The number of amides is 1. The third kappa shape index (κ3) is 3.91. The van der Waals surface area contributed by atoms with Crippen molar-refractivity contribution in [2.75, 3.05) is 30.1 Å². The van der Waals surface area contributed by atoms with Gasteiger partial charge in [0.25, 0.3) is 5.56 Å². The smallest absolute Gasteiger partial charge is 0.272 e. The van der Waals surface area contributed by atoms with Gasteiger partial charge in [0.05, 0.1) is 11.3 Å². The lowest BCUT2D eigenvalue weighted by molar-refractivity contribution is -0.113. The Hall–Kier alpha value is -2.32. The van der Waals surface area contributed by atoms with Crippen molar-refractivity contribution >= 4 is 50.6 Å². The van der Waals surface area contributed by atoms with Crippen LogP contribution in [0.4, 0.5) is 11.4 Å². The van der Waals surface area contributed by atoms with E-state index in [0.29, 0.717) is 21.9 Å². The van der Waals surface area contributed by atoms with Gasteiger partial charge < -0.3 is 10.2 Å². The third-order valence-corrected chi connectivity index (χ3v) is 5.71. The van der Waals surface area contributed by atoms with Crippen molar-refractivity contribution in [3.63, 3.8) is 0 Å². The van der Waals surface area contributed by atoms with E-state index in [1.807, 2.05) is 61.6 Å². The van der Waals surface area contributed by atoms with Crippen LogP contribution in [0, 0.1) is 0 Å². The molecule has 2 aromatic heterocycles. The summed E-state index contributed by atoms with van der Waals surface area (Å²) in [6.45, 7) is 2.43. The molecule has 3 rings (SSSR count). The van der Waals surface area contributed by atoms with Gasteiger partial charge in [-0.25, -0.2) is 4.98 Å². The minimum atomic E-state index is -0.130. The van der Waals surface area contributed by atoms with Gasteiger partial charge in [0, 0.05) is 32.0 Å². The molecule has 0 aliphatic carbocycles. The van der Waals surface area contributed by atoms with Crippen molar-refractivity contribution in [1.29, 1.82) is 0 Å². The normalized spacial score (nSPS) is 10.9. The third-order valence-electron chi connectivity index (χ3n) is 3.85. The maximum absolute atomic E-state index is 12.5. The highest BCUT2D eigenvalue weighted by Gasteiger charge is 2.13. The molecule has 0 spiro atoms. The Morgan fingerprint density at radius 1 is 1.27 bits per heavy atom. The molecular weight excluding hydrogens is 368 g/mol. The van der Waals surface area contributed by atoms with Crippen LogP contribution in [-0.2, 0) is 11.3 Å². The van der Waals surface area contributed by atoms with E-state index in [1.165, 1.54) is 23.1 Å². The number of benzene rings is 1. The molecule has 0 bridgehead atoms. The van der Waals surface area contributed by atoms with Crippen LogP contribution >= 0.6 is 23.1 Å². The first-order valence-corrected chi connectivity index (χ1v) is 10.0. The number of hydrogen-bond acceptors (Lipinski definition) is 6. The number of carbonyl (C=O) groups is 1. The maximum Gasteiger partial charge on any atom is 0.272 e. The highest BCUT2D eigenvalue weighted by molar-refractivity contribution is 7.99. The summed E-state index contributed by atoms with van der Waals surface area (Å²) in [6, 6.07) is 9.47. The number of thiophene rings is 1. The largest absolute Gasteiger partial charge is 0.378 e. The number of carbonyl (C=O) groups excluding carboxylic acids is 1. The zero-order chi connectivity index (χ0) is 18.7. The molecule has 1 aromatic carbocycles. The first kappa shape index (κ1) is 18.5. The van der Waals surface area contributed by atoms with Crippen LogP contribution in [0.2, 0.25) is 0 Å². The van der Waals surface area contributed by atoms with Gasteiger partial charge in [-0.3, -0.25) is 14.2 Å². The van der Waals surface area contributed by atoms with Gasteiger partial charge in [-0.2, -0.15) is 0 Å². The number of rotatable bonds is 6. The fourth-order valence-electron chi connectivity index (χ4n) is 2.48. The quantitative estimate of drug-likeness (QED) is 0.518. The van der Waals surface area contributed by atoms with Crippen molar-refractivity contribution in [1.82, 2.24) is 9.55 Å². The molecular formula is C18H20N4O2S2. The summed E-state index contributed by atoms with van der Waals surface area (Å²) in [5.74, 6) is 0.0623. The summed E-state index contributed by atoms with van der Waals surface area (Å²) in [5, 5.41) is 5.30. The summed E-state index contributed by atoms with van der Waals surface area (Å²) in [5.41, 5.74) is 2.45. The van der Waals surface area contributed by atoms with Crippen LogP contribution in [0.1, 0.15) is 6.92 Å². The molecule has 1 amide bonds. The van der Waals surface area contributed by atoms with Gasteiger partial charge in [0.1, 0.15) is 4.70 Å². The van der Waals surface area contributed by atoms with E-state index in [-0.39, 0.29) is 17.2 Å². The van der Waals surface area contributed by atoms with Crippen molar-refractivity contribution < 1.29 is 4.79 Å². The Bertz CT molecular complexity index is 977. The summed E-state index contributed by atoms with van der Waals surface area (Å²) in [4.78, 5) is 31.3. The molecule has 0 radical (unpaired) electrons. The number of aromatic nitrogens is 2. The van der Waals surface area contributed by atoms with E-state index in [1.54, 1.807) is 4.57 Å². The van der Waals surface area contributed by atoms with Crippen LogP contribution < -0.4 is 15.8 Å². The average Bonchev–Trinajstić information content (AvgIpc) is 3.09. The van der Waals surface area contributed by atoms with Gasteiger partial charge in [-0.1, -0.05) is 11.8 Å². The topological polar surface area (TPSA) is 67.2 Å². The second-order valence-electron chi connectivity index (χ2n) is 5.86. The Labute approximate surface area is 159 Å². The second-order valence-corrected chi connectivity index (χ2v) is 7.72. The molecule has 3 aromatic rings. The van der Waals surface area contributed by atoms with Gasteiger partial charge in [0.2, 0.25) is 5.91 Å². The monoisotopic (exact) mass is 388 g/mol. The summed E-state index contributed by atoms with van der Waals surface area (Å²) >= 11 is 2.67. The molecule has 1 N–H and O–H groups in total.